The molecule has 50 heavy (non-hydrogen) atoms. The zero-order valence-corrected chi connectivity index (χ0v) is 29.4. The fourth-order valence-electron chi connectivity index (χ4n) is 7.58. The van der Waals surface area contributed by atoms with Gasteiger partial charge in [-0.2, -0.15) is 0 Å². The first-order valence-corrected chi connectivity index (χ1v) is 17.6. The summed E-state index contributed by atoms with van der Waals surface area (Å²) in [6.07, 6.45) is 3.41. The van der Waals surface area contributed by atoms with Crippen molar-refractivity contribution in [3.05, 3.63) is 85.5 Å². The van der Waals surface area contributed by atoms with Gasteiger partial charge in [-0.1, -0.05) is 75.8 Å². The van der Waals surface area contributed by atoms with E-state index in [1.54, 1.807) is 23.8 Å². The van der Waals surface area contributed by atoms with E-state index in [2.05, 4.69) is 44.7 Å². The number of allylic oxidation sites excluding steroid dienone is 1. The predicted molar refractivity (Wildman–Crippen MR) is 186 cm³/mol. The van der Waals surface area contributed by atoms with E-state index in [0.29, 0.717) is 23.9 Å². The van der Waals surface area contributed by atoms with E-state index in [0.717, 1.165) is 5.52 Å². The lowest BCUT2D eigenvalue weighted by Crippen LogP contribution is -2.58. The number of halogens is 1. The molecule has 1 unspecified atom stereocenters. The molecule has 2 aromatic carbocycles. The van der Waals surface area contributed by atoms with Gasteiger partial charge < -0.3 is 29.7 Å². The minimum atomic E-state index is -1.36. The Hall–Kier alpha value is -4.40. The number of rotatable bonds is 15. The van der Waals surface area contributed by atoms with E-state index >= 15 is 0 Å². The SMILES string of the molecule is C=CCCC(=O)OC[C@H](NC(=O)[C@@H]1[C@H]2O[C@@]3(CC2Br)[C@H](C(=O)N(CC=C)Cn2nnc4ccccc42)N([C@H](C)CO)C(=O)[C@@H]13)c1ccccc1. The number of carbonyl (C=O) groups excluding carboxylic acids is 4. The number of likely N-dealkylation sites (tertiary alicyclic amines) is 1. The third-order valence-corrected chi connectivity index (χ3v) is 10.7. The summed E-state index contributed by atoms with van der Waals surface area (Å²) < 4.78 is 13.8. The van der Waals surface area contributed by atoms with Crippen LogP contribution < -0.4 is 5.32 Å². The topological polar surface area (TPSA) is 156 Å². The quantitative estimate of drug-likeness (QED) is 0.136. The molecule has 0 aliphatic carbocycles. The van der Waals surface area contributed by atoms with E-state index in [1.165, 1.54) is 9.80 Å². The molecule has 3 aliphatic rings. The highest BCUT2D eigenvalue weighted by molar-refractivity contribution is 9.09. The molecule has 1 aromatic heterocycles. The van der Waals surface area contributed by atoms with Crippen molar-refractivity contribution in [2.45, 2.75) is 67.5 Å². The Morgan fingerprint density at radius 1 is 1.18 bits per heavy atom. The van der Waals surface area contributed by atoms with E-state index in [-0.39, 0.29) is 31.1 Å². The van der Waals surface area contributed by atoms with Gasteiger partial charge in [-0.05, 0) is 37.5 Å². The second-order valence-electron chi connectivity index (χ2n) is 13.0. The number of amides is 3. The van der Waals surface area contributed by atoms with E-state index in [4.69, 9.17) is 9.47 Å². The van der Waals surface area contributed by atoms with Gasteiger partial charge in [0.15, 0.2) is 0 Å². The number of alkyl halides is 1. The minimum absolute atomic E-state index is 0.0213. The molecule has 6 rings (SSSR count). The van der Waals surface area contributed by atoms with Gasteiger partial charge in [0, 0.05) is 17.8 Å². The van der Waals surface area contributed by atoms with Crippen molar-refractivity contribution in [3.8, 4) is 0 Å². The van der Waals surface area contributed by atoms with Crippen LogP contribution in [0.2, 0.25) is 0 Å². The number of ether oxygens (including phenoxy) is 2. The Balaban J connectivity index is 1.31. The van der Waals surface area contributed by atoms with Crippen LogP contribution in [-0.2, 0) is 35.3 Å². The third kappa shape index (κ3) is 6.35. The molecule has 0 radical (unpaired) electrons. The zero-order chi connectivity index (χ0) is 35.6. The maximum atomic E-state index is 14.8. The molecule has 2 bridgehead atoms. The van der Waals surface area contributed by atoms with Crippen LogP contribution in [0.25, 0.3) is 11.0 Å². The number of hydrogen-bond donors (Lipinski definition) is 2. The molecule has 3 aliphatic heterocycles. The number of hydrogen-bond acceptors (Lipinski definition) is 9. The van der Waals surface area contributed by atoms with Gasteiger partial charge in [-0.25, -0.2) is 4.68 Å². The highest BCUT2D eigenvalue weighted by atomic mass is 79.9. The summed E-state index contributed by atoms with van der Waals surface area (Å²) >= 11 is 3.71. The minimum Gasteiger partial charge on any atom is -0.463 e. The molecule has 3 saturated heterocycles. The highest BCUT2D eigenvalue weighted by Crippen LogP contribution is 2.60. The molecule has 3 amide bonds. The molecule has 4 heterocycles. The van der Waals surface area contributed by atoms with Gasteiger partial charge in [0.2, 0.25) is 17.7 Å². The monoisotopic (exact) mass is 748 g/mol. The second kappa shape index (κ2) is 14.8. The lowest BCUT2D eigenvalue weighted by Gasteiger charge is -2.38. The molecule has 1 spiro atoms. The molecule has 0 saturated carbocycles. The maximum absolute atomic E-state index is 14.8. The van der Waals surface area contributed by atoms with E-state index in [1.807, 2.05) is 54.6 Å². The number of para-hydroxylation sites is 1. The molecule has 2 N–H and O–H groups in total. The van der Waals surface area contributed by atoms with Gasteiger partial charge in [-0.15, -0.1) is 18.3 Å². The summed E-state index contributed by atoms with van der Waals surface area (Å²) in [5, 5.41) is 21.8. The van der Waals surface area contributed by atoms with E-state index < -0.39 is 72.0 Å². The fourth-order valence-corrected chi connectivity index (χ4v) is 8.52. The number of aliphatic hydroxyl groups excluding tert-OH is 1. The Labute approximate surface area is 298 Å². The summed E-state index contributed by atoms with van der Waals surface area (Å²) in [6, 6.07) is 13.9. The molecule has 3 aromatic rings. The number of benzene rings is 2. The van der Waals surface area contributed by atoms with Gasteiger partial charge >= 0.3 is 5.97 Å². The van der Waals surface area contributed by atoms with Crippen molar-refractivity contribution < 1.29 is 33.8 Å². The normalized spacial score (nSPS) is 26.3. The van der Waals surface area contributed by atoms with Crippen molar-refractivity contribution in [3.63, 3.8) is 0 Å². The first-order valence-electron chi connectivity index (χ1n) is 16.7. The van der Waals surface area contributed by atoms with Crippen molar-refractivity contribution in [2.75, 3.05) is 19.8 Å². The smallest absolute Gasteiger partial charge is 0.306 e. The highest BCUT2D eigenvalue weighted by Gasteiger charge is 2.77. The summed E-state index contributed by atoms with van der Waals surface area (Å²) in [6.45, 7) is 8.79. The lowest BCUT2D eigenvalue weighted by atomic mass is 9.70. The van der Waals surface area contributed by atoms with Crippen LogP contribution in [0.4, 0.5) is 0 Å². The fraction of sp³-hybridized carbons (Fsp3) is 0.444. The molecule has 264 valence electrons. The zero-order valence-electron chi connectivity index (χ0n) is 27.8. The Morgan fingerprint density at radius 3 is 2.64 bits per heavy atom. The van der Waals surface area contributed by atoms with Crippen LogP contribution in [-0.4, -0.2) is 102 Å². The molecule has 3 fully saturated rings. The number of nitrogens with one attached hydrogen (secondary N) is 1. The van der Waals surface area contributed by atoms with Crippen molar-refractivity contribution in [2.24, 2.45) is 11.8 Å². The standard InChI is InChI=1S/C36H41BrN6O7/c1-4-6-16-28(45)49-20-26(23-12-8-7-9-13-23)38-33(46)29-30-34(47)43(22(3)19-44)32(36(30)18-24(37)31(29)50-36)35(48)41(17-5-2)21-42-27-15-11-10-14-25(27)39-40-42/h4-5,7-15,22,24,26,29-32,44H,1-2,6,16-21H2,3H3,(H,38,46)/t22-,24?,26+,29+,30-,31+,32+,36-/m1/s1. The van der Waals surface area contributed by atoms with Crippen LogP contribution in [0, 0.1) is 11.8 Å². The number of aromatic nitrogens is 3. The molecule has 8 atom stereocenters. The number of esters is 1. The second-order valence-corrected chi connectivity index (χ2v) is 14.2. The first kappa shape index (κ1) is 35.4. The van der Waals surface area contributed by atoms with Crippen LogP contribution >= 0.6 is 15.9 Å². The average molecular weight is 750 g/mol. The summed E-state index contributed by atoms with van der Waals surface area (Å²) in [4.78, 5) is 58.6. The molecular formula is C36H41BrN6O7. The van der Waals surface area contributed by atoms with Gasteiger partial charge in [0.1, 0.15) is 30.4 Å². The molecule has 13 nitrogen and oxygen atoms in total. The number of fused-ring (bicyclic) bond motifs is 2. The van der Waals surface area contributed by atoms with Crippen LogP contribution in [0.15, 0.2) is 79.9 Å². The summed E-state index contributed by atoms with van der Waals surface area (Å²) in [5.74, 6) is -3.72. The van der Waals surface area contributed by atoms with E-state index in [9.17, 15) is 24.3 Å². The third-order valence-electron chi connectivity index (χ3n) is 9.87. The largest absolute Gasteiger partial charge is 0.463 e. The number of aliphatic hydroxyl groups is 1. The number of nitrogens with zero attached hydrogens (tertiary/aromatic N) is 5. The summed E-state index contributed by atoms with van der Waals surface area (Å²) in [5.41, 5.74) is 0.747. The summed E-state index contributed by atoms with van der Waals surface area (Å²) in [7, 11) is 0. The van der Waals surface area contributed by atoms with Gasteiger partial charge in [0.05, 0.1) is 42.1 Å². The average Bonchev–Trinajstić information content (AvgIpc) is 3.85. The van der Waals surface area contributed by atoms with Crippen LogP contribution in [0.3, 0.4) is 0 Å². The van der Waals surface area contributed by atoms with Gasteiger partial charge in [-0.3, -0.25) is 19.2 Å². The maximum Gasteiger partial charge on any atom is 0.306 e. The van der Waals surface area contributed by atoms with Crippen molar-refractivity contribution >= 4 is 50.7 Å². The first-order chi connectivity index (χ1) is 24.1. The van der Waals surface area contributed by atoms with Crippen molar-refractivity contribution in [1.82, 2.24) is 30.1 Å². The molecule has 14 heteroatoms. The number of carbonyl (C=O) groups is 4. The van der Waals surface area contributed by atoms with Gasteiger partial charge in [0.25, 0.3) is 0 Å². The van der Waals surface area contributed by atoms with Crippen LogP contribution in [0.1, 0.15) is 37.8 Å². The van der Waals surface area contributed by atoms with Crippen LogP contribution in [0.5, 0.6) is 0 Å². The Bertz CT molecular complexity index is 1770. The lowest BCUT2D eigenvalue weighted by molar-refractivity contribution is -0.152. The Kier molecular flexibility index (Phi) is 10.5. The van der Waals surface area contributed by atoms with Crippen molar-refractivity contribution in [1.29, 1.82) is 0 Å². The predicted octanol–water partition coefficient (Wildman–Crippen LogP) is 2.90. The molecular weight excluding hydrogens is 708 g/mol. The Morgan fingerprint density at radius 2 is 1.92 bits per heavy atom.